The van der Waals surface area contributed by atoms with Gasteiger partial charge in [-0.2, -0.15) is 0 Å². The third-order valence-electron chi connectivity index (χ3n) is 14.3. The van der Waals surface area contributed by atoms with Gasteiger partial charge < -0.3 is 0 Å². The molecule has 0 amide bonds. The van der Waals surface area contributed by atoms with Crippen molar-refractivity contribution in [2.75, 3.05) is 0 Å². The Kier molecular flexibility index (Phi) is 7.64. The molecule has 0 saturated heterocycles. The molecule has 0 unspecified atom stereocenters. The second kappa shape index (κ2) is 13.8. The monoisotopic (exact) mass is 822 g/mol. The van der Waals surface area contributed by atoms with Crippen molar-refractivity contribution in [3.8, 4) is 101 Å². The van der Waals surface area contributed by atoms with Gasteiger partial charge in [0.25, 0.3) is 0 Å². The highest BCUT2D eigenvalue weighted by molar-refractivity contribution is 6.21. The molecule has 0 fully saturated rings. The van der Waals surface area contributed by atoms with Crippen LogP contribution in [0.3, 0.4) is 0 Å². The lowest BCUT2D eigenvalue weighted by molar-refractivity contribution is 0.794. The first kappa shape index (κ1) is 36.1. The van der Waals surface area contributed by atoms with E-state index in [1.54, 1.807) is 0 Å². The lowest BCUT2D eigenvalue weighted by atomic mass is 9.70. The predicted octanol–water partition coefficient (Wildman–Crippen LogP) is 16.0. The number of benzene rings is 10. The van der Waals surface area contributed by atoms with Crippen LogP contribution in [0.15, 0.2) is 231 Å². The van der Waals surface area contributed by atoms with Crippen LogP contribution < -0.4 is 0 Å². The van der Waals surface area contributed by atoms with Crippen LogP contribution in [0.2, 0.25) is 0 Å². The highest BCUT2D eigenvalue weighted by atomic mass is 14.9. The quantitative estimate of drug-likeness (QED) is 0.173. The van der Waals surface area contributed by atoms with E-state index in [2.05, 4.69) is 231 Å². The molecule has 2 heteroatoms. The van der Waals surface area contributed by atoms with E-state index in [0.29, 0.717) is 0 Å². The van der Waals surface area contributed by atoms with Gasteiger partial charge >= 0.3 is 0 Å². The zero-order valence-corrected chi connectivity index (χ0v) is 35.3. The predicted molar refractivity (Wildman–Crippen MR) is 267 cm³/mol. The van der Waals surface area contributed by atoms with Gasteiger partial charge in [0, 0.05) is 22.3 Å². The first-order chi connectivity index (χ1) is 32.2. The van der Waals surface area contributed by atoms with Gasteiger partial charge in [0.05, 0.1) is 16.8 Å². The Morgan fingerprint density at radius 3 is 1.25 bits per heavy atom. The lowest BCUT2D eigenvalue weighted by Gasteiger charge is -2.31. The van der Waals surface area contributed by atoms with Crippen molar-refractivity contribution in [2.24, 2.45) is 0 Å². The van der Waals surface area contributed by atoms with Gasteiger partial charge in [-0.3, -0.25) is 0 Å². The van der Waals surface area contributed by atoms with E-state index in [1.807, 2.05) is 0 Å². The van der Waals surface area contributed by atoms with Crippen LogP contribution >= 0.6 is 0 Å². The molecule has 0 N–H and O–H groups in total. The standard InChI is InChI=1S/C63H38N2/c1-3-15-39(16-4-1)41-29-33-43(34-30-41)56-38-57(44-35-31-42(32-36-44)40-17-5-2-6-18-40)65-62(64-56)61-59-50-25-14-20-45-19-13-24-48(58(45)50)51(59)37-55-60(61)49-23-9-12-28-54(49)63(55)52-26-10-7-21-46(52)47-22-8-11-27-53(47)63/h1-38H. The molecule has 1 heterocycles. The Bertz CT molecular complexity index is 3580. The molecule has 65 heavy (non-hydrogen) atoms. The molecule has 3 aliphatic carbocycles. The van der Waals surface area contributed by atoms with Gasteiger partial charge in [0.15, 0.2) is 5.82 Å². The van der Waals surface area contributed by atoms with Crippen molar-refractivity contribution in [2.45, 2.75) is 5.41 Å². The molecule has 11 aromatic rings. The molecule has 0 saturated carbocycles. The molecule has 1 spiro atoms. The third-order valence-corrected chi connectivity index (χ3v) is 14.3. The highest BCUT2D eigenvalue weighted by Gasteiger charge is 2.53. The Hall–Kier alpha value is -8.46. The first-order valence-electron chi connectivity index (χ1n) is 22.5. The highest BCUT2D eigenvalue weighted by Crippen LogP contribution is 2.67. The van der Waals surface area contributed by atoms with E-state index >= 15 is 0 Å². The average molecular weight is 823 g/mol. The summed E-state index contributed by atoms with van der Waals surface area (Å²) < 4.78 is 0. The molecule has 300 valence electrons. The minimum Gasteiger partial charge on any atom is -0.228 e. The summed E-state index contributed by atoms with van der Waals surface area (Å²) >= 11 is 0. The lowest BCUT2D eigenvalue weighted by Crippen LogP contribution is -2.26. The fraction of sp³-hybridized carbons (Fsp3) is 0.0159. The fourth-order valence-corrected chi connectivity index (χ4v) is 11.5. The van der Waals surface area contributed by atoms with Crippen molar-refractivity contribution in [3.63, 3.8) is 0 Å². The number of hydrogen-bond acceptors (Lipinski definition) is 2. The van der Waals surface area contributed by atoms with Gasteiger partial charge in [-0.25, -0.2) is 9.97 Å². The van der Waals surface area contributed by atoms with E-state index in [9.17, 15) is 0 Å². The van der Waals surface area contributed by atoms with E-state index in [-0.39, 0.29) is 0 Å². The maximum absolute atomic E-state index is 5.71. The second-order valence-electron chi connectivity index (χ2n) is 17.5. The van der Waals surface area contributed by atoms with E-state index < -0.39 is 5.41 Å². The first-order valence-corrected chi connectivity index (χ1v) is 22.5. The number of rotatable bonds is 5. The number of hydrogen-bond donors (Lipinski definition) is 0. The van der Waals surface area contributed by atoms with Gasteiger partial charge in [-0.05, 0) is 106 Å². The average Bonchev–Trinajstić information content (AvgIpc) is 3.99. The van der Waals surface area contributed by atoms with Crippen molar-refractivity contribution in [3.05, 3.63) is 253 Å². The fourth-order valence-electron chi connectivity index (χ4n) is 11.5. The second-order valence-corrected chi connectivity index (χ2v) is 17.5. The topological polar surface area (TPSA) is 25.8 Å². The molecule has 0 radical (unpaired) electrons. The molecule has 0 aliphatic heterocycles. The maximum atomic E-state index is 5.71. The summed E-state index contributed by atoms with van der Waals surface area (Å²) in [5.41, 5.74) is 24.3. The largest absolute Gasteiger partial charge is 0.228 e. The molecule has 0 bridgehead atoms. The third kappa shape index (κ3) is 5.11. The molecule has 2 nitrogen and oxygen atoms in total. The van der Waals surface area contributed by atoms with Gasteiger partial charge in [-0.15, -0.1) is 0 Å². The van der Waals surface area contributed by atoms with Crippen LogP contribution in [0.25, 0.3) is 111 Å². The smallest absolute Gasteiger partial charge is 0.161 e. The van der Waals surface area contributed by atoms with Crippen LogP contribution in [0, 0.1) is 0 Å². The minimum atomic E-state index is -0.535. The summed E-state index contributed by atoms with van der Waals surface area (Å²) in [6.45, 7) is 0. The summed E-state index contributed by atoms with van der Waals surface area (Å²) in [7, 11) is 0. The van der Waals surface area contributed by atoms with Crippen LogP contribution in [-0.4, -0.2) is 9.97 Å². The van der Waals surface area contributed by atoms with Gasteiger partial charge in [-0.1, -0.05) is 218 Å². The van der Waals surface area contributed by atoms with E-state index in [4.69, 9.17) is 9.97 Å². The number of nitrogens with zero attached hydrogens (tertiary/aromatic N) is 2. The molecule has 3 aliphatic rings. The van der Waals surface area contributed by atoms with Crippen molar-refractivity contribution >= 4 is 10.8 Å². The zero-order valence-electron chi connectivity index (χ0n) is 35.3. The maximum Gasteiger partial charge on any atom is 0.161 e. The van der Waals surface area contributed by atoms with Crippen molar-refractivity contribution < 1.29 is 0 Å². The van der Waals surface area contributed by atoms with Crippen LogP contribution in [0.1, 0.15) is 22.3 Å². The SMILES string of the molecule is c1ccc(-c2ccc(-c3cc(-c4ccc(-c5ccccc5)cc4)nc(-c4c5c(cc6c4-c4ccccc4C64c6ccccc6-c6ccccc64)-c4cccc6cccc-5c46)n3)cc2)cc1. The van der Waals surface area contributed by atoms with Crippen molar-refractivity contribution in [1.29, 1.82) is 0 Å². The summed E-state index contributed by atoms with van der Waals surface area (Å²) in [6.07, 6.45) is 0. The number of aromatic nitrogens is 2. The Morgan fingerprint density at radius 2 is 0.692 bits per heavy atom. The Morgan fingerprint density at radius 1 is 0.262 bits per heavy atom. The Balaban J connectivity index is 1.09. The van der Waals surface area contributed by atoms with Crippen molar-refractivity contribution in [1.82, 2.24) is 9.97 Å². The molecule has 14 rings (SSSR count). The summed E-state index contributed by atoms with van der Waals surface area (Å²) in [6, 6.07) is 84.3. The van der Waals surface area contributed by atoms with E-state index in [0.717, 1.165) is 33.9 Å². The van der Waals surface area contributed by atoms with Gasteiger partial charge in [0.1, 0.15) is 0 Å². The molecular formula is C63H38N2. The summed E-state index contributed by atoms with van der Waals surface area (Å²) in [5.74, 6) is 0.723. The molecule has 0 atom stereocenters. The summed E-state index contributed by atoms with van der Waals surface area (Å²) in [4.78, 5) is 11.4. The summed E-state index contributed by atoms with van der Waals surface area (Å²) in [5, 5.41) is 2.52. The van der Waals surface area contributed by atoms with Crippen LogP contribution in [-0.2, 0) is 5.41 Å². The molecular weight excluding hydrogens is 785 g/mol. The molecule has 1 aromatic heterocycles. The molecule has 10 aromatic carbocycles. The zero-order chi connectivity index (χ0) is 42.6. The Labute approximate surface area is 377 Å². The van der Waals surface area contributed by atoms with Crippen LogP contribution in [0.5, 0.6) is 0 Å². The number of fused-ring (bicyclic) bond motifs is 13. The van der Waals surface area contributed by atoms with Gasteiger partial charge in [0.2, 0.25) is 0 Å². The normalized spacial score (nSPS) is 13.0. The van der Waals surface area contributed by atoms with Crippen LogP contribution in [0.4, 0.5) is 0 Å². The van der Waals surface area contributed by atoms with E-state index in [1.165, 1.54) is 99.8 Å². The minimum absolute atomic E-state index is 0.535.